The molecule has 0 aliphatic carbocycles. The smallest absolute Gasteiger partial charge is 0.176 e. The summed E-state index contributed by atoms with van der Waals surface area (Å²) in [6.45, 7) is 3.17. The van der Waals surface area contributed by atoms with E-state index in [0.29, 0.717) is 11.1 Å². The van der Waals surface area contributed by atoms with E-state index in [1.807, 2.05) is 0 Å². The van der Waals surface area contributed by atoms with Crippen LogP contribution in [0, 0.1) is 6.92 Å². The zero-order chi connectivity index (χ0) is 10.9. The van der Waals surface area contributed by atoms with E-state index < -0.39 is 0 Å². The molecule has 0 fully saturated rings. The first-order valence-corrected chi connectivity index (χ1v) is 4.50. The van der Waals surface area contributed by atoms with E-state index in [0.717, 1.165) is 0 Å². The predicted octanol–water partition coefficient (Wildman–Crippen LogP) is 2.19. The molecular weight excluding hydrogens is 204 g/mol. The van der Waals surface area contributed by atoms with Gasteiger partial charge in [-0.3, -0.25) is 4.79 Å². The fraction of sp³-hybridized carbons (Fsp3) is 0.300. The van der Waals surface area contributed by atoms with Crippen LogP contribution in [0.4, 0.5) is 0 Å². The molecule has 14 heavy (non-hydrogen) atoms. The van der Waals surface area contributed by atoms with E-state index in [9.17, 15) is 15.0 Å². The highest BCUT2D eigenvalue weighted by Crippen LogP contribution is 2.37. The number of phenolic OH excluding ortho intramolecular Hbond substituents is 2. The van der Waals surface area contributed by atoms with Crippen LogP contribution in [0.15, 0.2) is 6.07 Å². The molecule has 0 aliphatic rings. The topological polar surface area (TPSA) is 57.5 Å². The average Bonchev–Trinajstić information content (AvgIpc) is 2.09. The number of ketones is 1. The van der Waals surface area contributed by atoms with Crippen LogP contribution in [-0.4, -0.2) is 16.0 Å². The molecule has 4 heteroatoms. The lowest BCUT2D eigenvalue weighted by molar-refractivity contribution is -0.116. The minimum Gasteiger partial charge on any atom is -0.504 e. The van der Waals surface area contributed by atoms with E-state index in [2.05, 4.69) is 0 Å². The molecule has 0 atom stereocenters. The number of carbonyl (C=O) groups is 1. The summed E-state index contributed by atoms with van der Waals surface area (Å²) in [5, 5.41) is 18.6. The summed E-state index contributed by atoms with van der Waals surface area (Å²) in [5.74, 6) is -0.673. The van der Waals surface area contributed by atoms with Gasteiger partial charge in [0.05, 0.1) is 5.02 Å². The number of benzene rings is 1. The van der Waals surface area contributed by atoms with E-state index in [4.69, 9.17) is 11.6 Å². The van der Waals surface area contributed by atoms with E-state index in [-0.39, 0.29) is 28.7 Å². The van der Waals surface area contributed by atoms with Gasteiger partial charge in [0.25, 0.3) is 0 Å². The number of aromatic hydroxyl groups is 2. The number of hydrogen-bond donors (Lipinski definition) is 2. The van der Waals surface area contributed by atoms with Gasteiger partial charge >= 0.3 is 0 Å². The van der Waals surface area contributed by atoms with Crippen LogP contribution >= 0.6 is 11.6 Å². The zero-order valence-corrected chi connectivity index (χ0v) is 8.72. The van der Waals surface area contributed by atoms with Gasteiger partial charge in [-0.1, -0.05) is 11.6 Å². The monoisotopic (exact) mass is 214 g/mol. The molecule has 0 saturated carbocycles. The summed E-state index contributed by atoms with van der Waals surface area (Å²) in [6, 6.07) is 1.39. The highest BCUT2D eigenvalue weighted by atomic mass is 35.5. The molecule has 0 aromatic heterocycles. The molecule has 0 unspecified atom stereocenters. The first kappa shape index (κ1) is 10.9. The Morgan fingerprint density at radius 1 is 1.50 bits per heavy atom. The Labute approximate surface area is 86.9 Å². The van der Waals surface area contributed by atoms with Gasteiger partial charge in [-0.25, -0.2) is 0 Å². The van der Waals surface area contributed by atoms with Crippen LogP contribution in [-0.2, 0) is 11.2 Å². The highest BCUT2D eigenvalue weighted by molar-refractivity contribution is 6.33. The van der Waals surface area contributed by atoms with Crippen molar-refractivity contribution in [1.29, 1.82) is 0 Å². The van der Waals surface area contributed by atoms with Crippen molar-refractivity contribution >= 4 is 17.4 Å². The SMILES string of the molecule is CC(=O)Cc1c(C)cc(O)c(O)c1Cl. The maximum absolute atomic E-state index is 10.9. The second-order valence-electron chi connectivity index (χ2n) is 3.23. The number of hydrogen-bond acceptors (Lipinski definition) is 3. The number of carbonyl (C=O) groups excluding carboxylic acids is 1. The summed E-state index contributed by atoms with van der Waals surface area (Å²) >= 11 is 5.79. The Kier molecular flexibility index (Phi) is 3.01. The molecule has 3 nitrogen and oxygen atoms in total. The Bertz CT molecular complexity index is 385. The Morgan fingerprint density at radius 3 is 2.57 bits per heavy atom. The lowest BCUT2D eigenvalue weighted by atomic mass is 10.0. The molecule has 0 aliphatic heterocycles. The van der Waals surface area contributed by atoms with Gasteiger partial charge < -0.3 is 10.2 Å². The average molecular weight is 215 g/mol. The molecule has 0 bridgehead atoms. The minimum absolute atomic E-state index is 0.0416. The second kappa shape index (κ2) is 3.88. The second-order valence-corrected chi connectivity index (χ2v) is 3.61. The molecular formula is C10H11ClO3. The number of halogens is 1. The van der Waals surface area contributed by atoms with E-state index in [1.165, 1.54) is 13.0 Å². The Balaban J connectivity index is 3.29. The fourth-order valence-electron chi connectivity index (χ4n) is 1.25. The van der Waals surface area contributed by atoms with Gasteiger partial charge in [-0.2, -0.15) is 0 Å². The van der Waals surface area contributed by atoms with Gasteiger partial charge in [-0.15, -0.1) is 0 Å². The molecule has 0 heterocycles. The van der Waals surface area contributed by atoms with Crippen LogP contribution in [0.2, 0.25) is 5.02 Å². The van der Waals surface area contributed by atoms with Gasteiger partial charge in [0.1, 0.15) is 5.78 Å². The summed E-state index contributed by atoms with van der Waals surface area (Å²) in [7, 11) is 0. The Hall–Kier alpha value is -1.22. The molecule has 1 aromatic rings. The van der Waals surface area contributed by atoms with Crippen molar-refractivity contribution in [3.05, 3.63) is 22.2 Å². The third-order valence-corrected chi connectivity index (χ3v) is 2.38. The maximum atomic E-state index is 10.9. The summed E-state index contributed by atoms with van der Waals surface area (Å²) < 4.78 is 0. The maximum Gasteiger partial charge on any atom is 0.176 e. The number of rotatable bonds is 2. The van der Waals surface area contributed by atoms with Crippen LogP contribution in [0.25, 0.3) is 0 Å². The molecule has 1 rings (SSSR count). The molecule has 0 amide bonds. The van der Waals surface area contributed by atoms with Crippen LogP contribution in [0.5, 0.6) is 11.5 Å². The van der Waals surface area contributed by atoms with Crippen LogP contribution in [0.1, 0.15) is 18.1 Å². The predicted molar refractivity (Wildman–Crippen MR) is 53.9 cm³/mol. The van der Waals surface area contributed by atoms with Crippen molar-refractivity contribution in [1.82, 2.24) is 0 Å². The quantitative estimate of drug-likeness (QED) is 0.742. The molecule has 0 radical (unpaired) electrons. The van der Waals surface area contributed by atoms with Gasteiger partial charge in [0.15, 0.2) is 11.5 Å². The van der Waals surface area contributed by atoms with Crippen molar-refractivity contribution < 1.29 is 15.0 Å². The molecule has 2 N–H and O–H groups in total. The van der Waals surface area contributed by atoms with Crippen LogP contribution < -0.4 is 0 Å². The van der Waals surface area contributed by atoms with Gasteiger partial charge in [0.2, 0.25) is 0 Å². The third kappa shape index (κ3) is 1.99. The van der Waals surface area contributed by atoms with Crippen molar-refractivity contribution in [3.63, 3.8) is 0 Å². The minimum atomic E-state index is -0.367. The lowest BCUT2D eigenvalue weighted by Crippen LogP contribution is -2.00. The van der Waals surface area contributed by atoms with Crippen LogP contribution in [0.3, 0.4) is 0 Å². The summed E-state index contributed by atoms with van der Waals surface area (Å²) in [5.41, 5.74) is 1.26. The summed E-state index contributed by atoms with van der Waals surface area (Å²) in [4.78, 5) is 10.9. The van der Waals surface area contributed by atoms with E-state index >= 15 is 0 Å². The largest absolute Gasteiger partial charge is 0.504 e. The van der Waals surface area contributed by atoms with Crippen molar-refractivity contribution in [2.75, 3.05) is 0 Å². The fourth-order valence-corrected chi connectivity index (χ4v) is 1.57. The molecule has 76 valence electrons. The highest BCUT2D eigenvalue weighted by Gasteiger charge is 2.14. The van der Waals surface area contributed by atoms with Crippen molar-refractivity contribution in [2.45, 2.75) is 20.3 Å². The zero-order valence-electron chi connectivity index (χ0n) is 7.97. The normalized spacial score (nSPS) is 10.2. The lowest BCUT2D eigenvalue weighted by Gasteiger charge is -2.09. The number of aryl methyl sites for hydroxylation is 1. The standard InChI is InChI=1S/C10H11ClO3/c1-5-3-8(13)10(14)9(11)7(5)4-6(2)12/h3,13-14H,4H2,1-2H3. The molecule has 1 aromatic carbocycles. The number of Topliss-reactive ketones (excluding diaryl/α,β-unsaturated/α-hetero) is 1. The number of phenols is 2. The Morgan fingerprint density at radius 2 is 2.07 bits per heavy atom. The van der Waals surface area contributed by atoms with E-state index in [1.54, 1.807) is 6.92 Å². The first-order valence-electron chi connectivity index (χ1n) is 4.12. The molecule has 0 spiro atoms. The first-order chi connectivity index (χ1) is 6.43. The molecule has 0 saturated heterocycles. The van der Waals surface area contributed by atoms with Crippen molar-refractivity contribution in [2.24, 2.45) is 0 Å². The van der Waals surface area contributed by atoms with Crippen molar-refractivity contribution in [3.8, 4) is 11.5 Å². The van der Waals surface area contributed by atoms with Gasteiger partial charge in [0, 0.05) is 6.42 Å². The summed E-state index contributed by atoms with van der Waals surface area (Å²) in [6.07, 6.45) is 0.165. The third-order valence-electron chi connectivity index (χ3n) is 1.97. The van der Waals surface area contributed by atoms with Gasteiger partial charge in [-0.05, 0) is 31.0 Å².